The van der Waals surface area contributed by atoms with Gasteiger partial charge in [0.2, 0.25) is 11.4 Å². The Labute approximate surface area is 115 Å². The molecule has 19 heavy (non-hydrogen) atoms. The van der Waals surface area contributed by atoms with Crippen molar-refractivity contribution in [2.45, 2.75) is 32.1 Å². The topological polar surface area (TPSA) is 29.5 Å². The highest BCUT2D eigenvalue weighted by atomic mass is 35.5. The molecule has 1 fully saturated rings. The lowest BCUT2D eigenvalue weighted by Crippen LogP contribution is -2.47. The molecule has 6 heteroatoms. The summed E-state index contributed by atoms with van der Waals surface area (Å²) in [6, 6.07) is 4.88. The second-order valence-corrected chi connectivity index (χ2v) is 6.01. The molecule has 0 saturated carbocycles. The zero-order valence-corrected chi connectivity index (χ0v) is 11.5. The van der Waals surface area contributed by atoms with E-state index in [2.05, 4.69) is 0 Å². The first kappa shape index (κ1) is 14.1. The van der Waals surface area contributed by atoms with Gasteiger partial charge in [-0.3, -0.25) is 0 Å². The predicted molar refractivity (Wildman–Crippen MR) is 68.3 cm³/mol. The second kappa shape index (κ2) is 4.34. The molecule has 3 nitrogen and oxygen atoms in total. The van der Waals surface area contributed by atoms with Crippen LogP contribution in [-0.4, -0.2) is 17.4 Å². The average molecular weight is 290 g/mol. The summed E-state index contributed by atoms with van der Waals surface area (Å²) in [5.74, 6) is -0.473. The molecule has 0 bridgehead atoms. The molecule has 0 aromatic heterocycles. The van der Waals surface area contributed by atoms with Gasteiger partial charge in [0, 0.05) is 5.41 Å². The highest BCUT2D eigenvalue weighted by Gasteiger charge is 2.61. The van der Waals surface area contributed by atoms with E-state index in [1.54, 1.807) is 20.8 Å². The maximum absolute atomic E-state index is 14.5. The van der Waals surface area contributed by atoms with Crippen LogP contribution in [0.1, 0.15) is 20.8 Å². The van der Waals surface area contributed by atoms with E-state index in [0.29, 0.717) is 0 Å². The molecule has 0 radical (unpaired) electrons. The first-order valence-electron chi connectivity index (χ1n) is 5.77. The Morgan fingerprint density at radius 1 is 1.32 bits per heavy atom. The molecular weight excluding hydrogens is 276 g/mol. The van der Waals surface area contributed by atoms with Crippen LogP contribution in [0.5, 0.6) is 0 Å². The number of amides is 1. The van der Waals surface area contributed by atoms with Gasteiger partial charge >= 0.3 is 6.09 Å². The van der Waals surface area contributed by atoms with Crippen LogP contribution in [0.2, 0.25) is 0 Å². The summed E-state index contributed by atoms with van der Waals surface area (Å²) >= 11 is 6.13. The minimum atomic E-state index is -1.85. The van der Waals surface area contributed by atoms with Gasteiger partial charge in [-0.15, -0.1) is 0 Å². The molecule has 1 saturated heterocycles. The lowest BCUT2D eigenvalue weighted by molar-refractivity contribution is -0.0105. The molecular formula is C13H14ClF2NO2. The van der Waals surface area contributed by atoms with E-state index in [4.69, 9.17) is 16.3 Å². The number of anilines is 1. The minimum Gasteiger partial charge on any atom is -0.421 e. The number of hydrogen-bond donors (Lipinski definition) is 0. The van der Waals surface area contributed by atoms with Gasteiger partial charge in [0.05, 0.1) is 5.69 Å². The summed E-state index contributed by atoms with van der Waals surface area (Å²) in [4.78, 5) is 12.6. The number of ether oxygens (including phenoxy) is 1. The van der Waals surface area contributed by atoms with Crippen molar-refractivity contribution in [3.63, 3.8) is 0 Å². The van der Waals surface area contributed by atoms with Gasteiger partial charge in [-0.1, -0.05) is 32.4 Å². The number of carbonyl (C=O) groups is 1. The lowest BCUT2D eigenvalue weighted by atomic mass is 9.87. The fourth-order valence-corrected chi connectivity index (χ4v) is 2.00. The van der Waals surface area contributed by atoms with Gasteiger partial charge in [0.25, 0.3) is 0 Å². The van der Waals surface area contributed by atoms with Gasteiger partial charge in [0.15, 0.2) is 0 Å². The minimum absolute atomic E-state index is 0.200. The van der Waals surface area contributed by atoms with Crippen molar-refractivity contribution < 1.29 is 18.3 Å². The average Bonchev–Trinajstić information content (AvgIpc) is 2.52. The molecule has 1 aliphatic heterocycles. The second-order valence-electron chi connectivity index (χ2n) is 5.45. The van der Waals surface area contributed by atoms with Gasteiger partial charge < -0.3 is 4.74 Å². The summed E-state index contributed by atoms with van der Waals surface area (Å²) in [6.45, 7) is 5.02. The first-order valence-corrected chi connectivity index (χ1v) is 6.15. The highest BCUT2D eigenvalue weighted by Crippen LogP contribution is 2.48. The zero-order valence-electron chi connectivity index (χ0n) is 10.8. The third-order valence-corrected chi connectivity index (χ3v) is 3.92. The van der Waals surface area contributed by atoms with Crippen molar-refractivity contribution in [2.75, 3.05) is 4.90 Å². The van der Waals surface area contributed by atoms with Crippen molar-refractivity contribution in [1.82, 2.24) is 0 Å². The van der Waals surface area contributed by atoms with Crippen LogP contribution in [0.4, 0.5) is 19.3 Å². The van der Waals surface area contributed by atoms with Crippen molar-refractivity contribution in [3.05, 3.63) is 30.1 Å². The number of rotatable bonds is 1. The number of benzene rings is 1. The highest BCUT2D eigenvalue weighted by molar-refractivity contribution is 6.26. The molecule has 1 heterocycles. The summed E-state index contributed by atoms with van der Waals surface area (Å²) in [7, 11) is 0. The van der Waals surface area contributed by atoms with E-state index in [0.717, 1.165) is 17.0 Å². The molecule has 1 aromatic carbocycles. The Morgan fingerprint density at radius 3 is 2.26 bits per heavy atom. The van der Waals surface area contributed by atoms with Gasteiger partial charge in [-0.2, -0.15) is 0 Å². The number of alkyl halides is 2. The molecule has 2 rings (SSSR count). The van der Waals surface area contributed by atoms with Crippen LogP contribution in [0.25, 0.3) is 0 Å². The monoisotopic (exact) mass is 289 g/mol. The van der Waals surface area contributed by atoms with Crippen LogP contribution in [-0.2, 0) is 4.74 Å². The van der Waals surface area contributed by atoms with E-state index in [9.17, 15) is 13.6 Å². The van der Waals surface area contributed by atoms with Gasteiger partial charge in [-0.05, 0) is 24.3 Å². The van der Waals surface area contributed by atoms with Crippen LogP contribution in [0.15, 0.2) is 24.3 Å². The SMILES string of the molecule is CC(C)(C)[C@@]1(Cl)OC(=O)N(c2ccc(F)cc2)[C@@H]1F. The molecule has 1 aromatic rings. The molecule has 0 spiro atoms. The van der Waals surface area contributed by atoms with Crippen molar-refractivity contribution in [1.29, 1.82) is 0 Å². The standard InChI is InChI=1S/C13H14ClF2NO2/c1-12(2,3)13(14)10(16)17(11(18)19-13)9-6-4-8(15)5-7-9/h4-7,10H,1-3H3/t10-,13-/m0/s1. The Bertz CT molecular complexity index is 500. The van der Waals surface area contributed by atoms with E-state index < -0.39 is 28.7 Å². The van der Waals surface area contributed by atoms with E-state index >= 15 is 0 Å². The predicted octanol–water partition coefficient (Wildman–Crippen LogP) is 4.06. The smallest absolute Gasteiger partial charge is 0.418 e. The van der Waals surface area contributed by atoms with Crippen LogP contribution in [0.3, 0.4) is 0 Å². The Kier molecular flexibility index (Phi) is 3.21. The van der Waals surface area contributed by atoms with Crippen molar-refractivity contribution in [2.24, 2.45) is 5.41 Å². The number of nitrogens with zero attached hydrogens (tertiary/aromatic N) is 1. The summed E-state index contributed by atoms with van der Waals surface area (Å²) in [5, 5.41) is -1.78. The summed E-state index contributed by atoms with van der Waals surface area (Å²) in [6.07, 6.45) is -2.74. The third kappa shape index (κ3) is 2.16. The fourth-order valence-electron chi connectivity index (χ4n) is 1.83. The molecule has 0 aliphatic carbocycles. The molecule has 1 aliphatic rings. The Morgan fingerprint density at radius 2 is 1.84 bits per heavy atom. The van der Waals surface area contributed by atoms with Gasteiger partial charge in [-0.25, -0.2) is 18.5 Å². The van der Waals surface area contributed by atoms with Gasteiger partial charge in [0.1, 0.15) is 5.82 Å². The summed E-state index contributed by atoms with van der Waals surface area (Å²) in [5.41, 5.74) is -0.594. The third-order valence-electron chi connectivity index (χ3n) is 3.09. The molecule has 104 valence electrons. The number of carbonyl (C=O) groups excluding carboxylic acids is 1. The van der Waals surface area contributed by atoms with E-state index in [1.165, 1.54) is 12.1 Å². The molecule has 2 atom stereocenters. The van der Waals surface area contributed by atoms with Crippen LogP contribution in [0, 0.1) is 11.2 Å². The fraction of sp³-hybridized carbons (Fsp3) is 0.462. The van der Waals surface area contributed by atoms with Crippen LogP contribution < -0.4 is 4.90 Å². The Hall–Kier alpha value is -1.36. The molecule has 1 amide bonds. The zero-order chi connectivity index (χ0) is 14.4. The quantitative estimate of drug-likeness (QED) is 0.576. The largest absolute Gasteiger partial charge is 0.421 e. The number of hydrogen-bond acceptors (Lipinski definition) is 2. The van der Waals surface area contributed by atoms with Crippen LogP contribution >= 0.6 is 11.6 Å². The summed E-state index contributed by atoms with van der Waals surface area (Å²) < 4.78 is 32.4. The maximum Gasteiger partial charge on any atom is 0.418 e. The number of halogens is 3. The van der Waals surface area contributed by atoms with Crippen molar-refractivity contribution in [3.8, 4) is 0 Å². The molecule has 0 unspecified atom stereocenters. The Balaban J connectivity index is 2.39. The first-order chi connectivity index (χ1) is 8.67. The lowest BCUT2D eigenvalue weighted by Gasteiger charge is -2.35. The maximum atomic E-state index is 14.5. The van der Waals surface area contributed by atoms with E-state index in [-0.39, 0.29) is 5.69 Å². The number of cyclic esters (lactones) is 1. The normalized spacial score (nSPS) is 27.6. The van der Waals surface area contributed by atoms with Crippen molar-refractivity contribution >= 4 is 23.4 Å². The molecule has 0 N–H and O–H groups in total. The van der Waals surface area contributed by atoms with E-state index in [1.807, 2.05) is 0 Å².